The number of carbonyl (C=O) groups is 1. The fraction of sp³-hybridized carbons (Fsp3) is 0.462. The summed E-state index contributed by atoms with van der Waals surface area (Å²) >= 11 is 0. The summed E-state index contributed by atoms with van der Waals surface area (Å²) in [6, 6.07) is 7.53. The van der Waals surface area contributed by atoms with Gasteiger partial charge in [0.25, 0.3) is 0 Å². The van der Waals surface area contributed by atoms with Crippen molar-refractivity contribution in [1.29, 1.82) is 0 Å². The SMILES string of the molecule is CC(=O)c1cccc(NCCCCCO)c1. The van der Waals surface area contributed by atoms with Crippen LogP contribution in [-0.2, 0) is 0 Å². The van der Waals surface area contributed by atoms with Gasteiger partial charge in [0.15, 0.2) is 5.78 Å². The van der Waals surface area contributed by atoms with E-state index in [2.05, 4.69) is 5.32 Å². The molecule has 0 amide bonds. The lowest BCUT2D eigenvalue weighted by molar-refractivity contribution is 0.101. The molecular formula is C13H19NO2. The molecule has 0 atom stereocenters. The molecule has 3 nitrogen and oxygen atoms in total. The first-order valence-corrected chi connectivity index (χ1v) is 5.70. The molecule has 1 rings (SSSR count). The summed E-state index contributed by atoms with van der Waals surface area (Å²) in [5, 5.41) is 11.9. The molecule has 0 aliphatic heterocycles. The van der Waals surface area contributed by atoms with Crippen LogP contribution in [0.15, 0.2) is 24.3 Å². The van der Waals surface area contributed by atoms with Gasteiger partial charge in [0, 0.05) is 24.4 Å². The summed E-state index contributed by atoms with van der Waals surface area (Å²) in [6.07, 6.45) is 2.91. The lowest BCUT2D eigenvalue weighted by Gasteiger charge is -2.06. The molecule has 0 aliphatic carbocycles. The van der Waals surface area contributed by atoms with E-state index in [1.165, 1.54) is 0 Å². The van der Waals surface area contributed by atoms with Crippen molar-refractivity contribution in [3.05, 3.63) is 29.8 Å². The van der Waals surface area contributed by atoms with Gasteiger partial charge in [-0.3, -0.25) is 4.79 Å². The third-order valence-corrected chi connectivity index (χ3v) is 2.43. The van der Waals surface area contributed by atoms with E-state index in [1.807, 2.05) is 24.3 Å². The van der Waals surface area contributed by atoms with Crippen molar-refractivity contribution < 1.29 is 9.90 Å². The molecule has 0 fully saturated rings. The first-order chi connectivity index (χ1) is 7.74. The minimum Gasteiger partial charge on any atom is -0.396 e. The number of carbonyl (C=O) groups excluding carboxylic acids is 1. The van der Waals surface area contributed by atoms with Crippen LogP contribution in [0.25, 0.3) is 0 Å². The van der Waals surface area contributed by atoms with Gasteiger partial charge in [0.2, 0.25) is 0 Å². The third-order valence-electron chi connectivity index (χ3n) is 2.43. The molecule has 3 heteroatoms. The minimum absolute atomic E-state index is 0.0870. The Bertz CT molecular complexity index is 336. The van der Waals surface area contributed by atoms with Crippen LogP contribution in [-0.4, -0.2) is 24.0 Å². The molecule has 0 radical (unpaired) electrons. The Hall–Kier alpha value is -1.35. The van der Waals surface area contributed by atoms with Gasteiger partial charge in [-0.1, -0.05) is 12.1 Å². The van der Waals surface area contributed by atoms with E-state index in [9.17, 15) is 4.79 Å². The fourth-order valence-corrected chi connectivity index (χ4v) is 1.49. The Morgan fingerprint density at radius 1 is 1.31 bits per heavy atom. The highest BCUT2D eigenvalue weighted by molar-refractivity contribution is 5.94. The largest absolute Gasteiger partial charge is 0.396 e. The molecule has 1 aromatic rings. The summed E-state index contributed by atoms with van der Waals surface area (Å²) in [5.74, 6) is 0.0870. The topological polar surface area (TPSA) is 49.3 Å². The van der Waals surface area contributed by atoms with Crippen molar-refractivity contribution in [1.82, 2.24) is 0 Å². The van der Waals surface area contributed by atoms with E-state index >= 15 is 0 Å². The first kappa shape index (κ1) is 12.7. The zero-order chi connectivity index (χ0) is 11.8. The van der Waals surface area contributed by atoms with Gasteiger partial charge in [0.05, 0.1) is 0 Å². The quantitative estimate of drug-likeness (QED) is 0.549. The summed E-state index contributed by atoms with van der Waals surface area (Å²) in [4.78, 5) is 11.2. The molecule has 1 aromatic carbocycles. The summed E-state index contributed by atoms with van der Waals surface area (Å²) in [7, 11) is 0. The van der Waals surface area contributed by atoms with Crippen LogP contribution in [0, 0.1) is 0 Å². The van der Waals surface area contributed by atoms with E-state index < -0.39 is 0 Å². The highest BCUT2D eigenvalue weighted by Gasteiger charge is 1.99. The van der Waals surface area contributed by atoms with Crippen molar-refractivity contribution >= 4 is 11.5 Å². The number of aliphatic hydroxyl groups is 1. The average Bonchev–Trinajstić information content (AvgIpc) is 2.29. The standard InChI is InChI=1S/C13H19NO2/c1-11(16)12-6-5-7-13(10-12)14-8-3-2-4-9-15/h5-7,10,14-15H,2-4,8-9H2,1H3. The number of hydrogen-bond acceptors (Lipinski definition) is 3. The normalized spacial score (nSPS) is 10.1. The van der Waals surface area contributed by atoms with Crippen LogP contribution in [0.4, 0.5) is 5.69 Å². The van der Waals surface area contributed by atoms with E-state index in [-0.39, 0.29) is 12.4 Å². The van der Waals surface area contributed by atoms with E-state index in [4.69, 9.17) is 5.11 Å². The zero-order valence-corrected chi connectivity index (χ0v) is 9.70. The number of benzene rings is 1. The van der Waals surface area contributed by atoms with Gasteiger partial charge in [-0.05, 0) is 38.3 Å². The van der Waals surface area contributed by atoms with Crippen LogP contribution in [0.1, 0.15) is 36.5 Å². The number of anilines is 1. The van der Waals surface area contributed by atoms with Crippen LogP contribution in [0.2, 0.25) is 0 Å². The number of unbranched alkanes of at least 4 members (excludes halogenated alkanes) is 2. The van der Waals surface area contributed by atoms with Gasteiger partial charge in [-0.15, -0.1) is 0 Å². The second-order valence-electron chi connectivity index (χ2n) is 3.85. The van der Waals surface area contributed by atoms with Gasteiger partial charge in [0.1, 0.15) is 0 Å². The average molecular weight is 221 g/mol. The predicted molar refractivity (Wildman–Crippen MR) is 65.9 cm³/mol. The van der Waals surface area contributed by atoms with E-state index in [0.717, 1.165) is 37.1 Å². The van der Waals surface area contributed by atoms with Crippen molar-refractivity contribution in [2.75, 3.05) is 18.5 Å². The summed E-state index contributed by atoms with van der Waals surface area (Å²) in [5.41, 5.74) is 1.72. The number of aliphatic hydroxyl groups excluding tert-OH is 1. The second-order valence-corrected chi connectivity index (χ2v) is 3.85. The minimum atomic E-state index is 0.0870. The van der Waals surface area contributed by atoms with E-state index in [1.54, 1.807) is 6.92 Å². The maximum absolute atomic E-state index is 11.2. The van der Waals surface area contributed by atoms with Gasteiger partial charge >= 0.3 is 0 Å². The Morgan fingerprint density at radius 3 is 2.81 bits per heavy atom. The number of nitrogens with one attached hydrogen (secondary N) is 1. The molecule has 0 saturated heterocycles. The smallest absolute Gasteiger partial charge is 0.159 e. The molecule has 0 aromatic heterocycles. The first-order valence-electron chi connectivity index (χ1n) is 5.70. The highest BCUT2D eigenvalue weighted by Crippen LogP contribution is 2.11. The second kappa shape index (κ2) is 7.01. The molecule has 16 heavy (non-hydrogen) atoms. The predicted octanol–water partition coefficient (Wildman–Crippen LogP) is 2.46. The Balaban J connectivity index is 2.36. The lowest BCUT2D eigenvalue weighted by Crippen LogP contribution is -2.03. The van der Waals surface area contributed by atoms with Crippen LogP contribution >= 0.6 is 0 Å². The molecule has 0 saturated carbocycles. The maximum Gasteiger partial charge on any atom is 0.159 e. The maximum atomic E-state index is 11.2. The van der Waals surface area contributed by atoms with Gasteiger partial charge < -0.3 is 10.4 Å². The van der Waals surface area contributed by atoms with Crippen LogP contribution in [0.5, 0.6) is 0 Å². The Labute approximate surface area is 96.5 Å². The van der Waals surface area contributed by atoms with Crippen molar-refractivity contribution in [3.8, 4) is 0 Å². The lowest BCUT2D eigenvalue weighted by atomic mass is 10.1. The summed E-state index contributed by atoms with van der Waals surface area (Å²) in [6.45, 7) is 2.71. The molecule has 0 aliphatic rings. The van der Waals surface area contributed by atoms with Crippen LogP contribution in [0.3, 0.4) is 0 Å². The van der Waals surface area contributed by atoms with Gasteiger partial charge in [-0.25, -0.2) is 0 Å². The molecular weight excluding hydrogens is 202 g/mol. The van der Waals surface area contributed by atoms with Crippen LogP contribution < -0.4 is 5.32 Å². The monoisotopic (exact) mass is 221 g/mol. The van der Waals surface area contributed by atoms with Crippen molar-refractivity contribution in [2.45, 2.75) is 26.2 Å². The molecule has 0 unspecified atom stereocenters. The number of ketones is 1. The Morgan fingerprint density at radius 2 is 2.12 bits per heavy atom. The molecule has 0 bridgehead atoms. The fourth-order valence-electron chi connectivity index (χ4n) is 1.49. The third kappa shape index (κ3) is 4.45. The highest BCUT2D eigenvalue weighted by atomic mass is 16.2. The molecule has 2 N–H and O–H groups in total. The number of hydrogen-bond donors (Lipinski definition) is 2. The van der Waals surface area contributed by atoms with Crippen molar-refractivity contribution in [3.63, 3.8) is 0 Å². The number of Topliss-reactive ketones (excluding diaryl/α,β-unsaturated/α-hetero) is 1. The van der Waals surface area contributed by atoms with E-state index in [0.29, 0.717) is 0 Å². The summed E-state index contributed by atoms with van der Waals surface area (Å²) < 4.78 is 0. The van der Waals surface area contributed by atoms with Gasteiger partial charge in [-0.2, -0.15) is 0 Å². The zero-order valence-electron chi connectivity index (χ0n) is 9.70. The number of rotatable bonds is 7. The molecule has 0 heterocycles. The van der Waals surface area contributed by atoms with Crippen molar-refractivity contribution in [2.24, 2.45) is 0 Å². The molecule has 0 spiro atoms. The Kier molecular flexibility index (Phi) is 5.57. The molecule has 88 valence electrons.